The minimum absolute atomic E-state index is 0.00625. The van der Waals surface area contributed by atoms with E-state index < -0.39 is 4.92 Å². The van der Waals surface area contributed by atoms with Crippen molar-refractivity contribution in [3.8, 4) is 5.75 Å². The van der Waals surface area contributed by atoms with Crippen LogP contribution in [0.5, 0.6) is 5.75 Å². The van der Waals surface area contributed by atoms with Gasteiger partial charge in [0.25, 0.3) is 0 Å². The molecule has 0 radical (unpaired) electrons. The number of ether oxygens (including phenoxy) is 1. The van der Waals surface area contributed by atoms with Gasteiger partial charge in [-0.2, -0.15) is 0 Å². The maximum absolute atomic E-state index is 10.5. The highest BCUT2D eigenvalue weighted by Gasteiger charge is 2.09. The fourth-order valence-electron chi connectivity index (χ4n) is 1.32. The Bertz CT molecular complexity index is 490. The van der Waals surface area contributed by atoms with Crippen LogP contribution in [-0.4, -0.2) is 17.0 Å². The lowest BCUT2D eigenvalue weighted by molar-refractivity contribution is -0.389. The predicted molar refractivity (Wildman–Crippen MR) is 51.5 cm³/mol. The normalized spacial score (nSPS) is 10.4. The smallest absolute Gasteiger partial charge is 0.321 e. The highest BCUT2D eigenvalue weighted by Crippen LogP contribution is 2.24. The fourth-order valence-corrected chi connectivity index (χ4v) is 1.32. The molecule has 1 heterocycles. The van der Waals surface area contributed by atoms with Crippen molar-refractivity contribution in [1.82, 2.24) is 4.98 Å². The van der Waals surface area contributed by atoms with E-state index in [0.717, 1.165) is 10.9 Å². The quantitative estimate of drug-likeness (QED) is 0.585. The summed E-state index contributed by atoms with van der Waals surface area (Å²) in [4.78, 5) is 12.7. The van der Waals surface area contributed by atoms with Gasteiger partial charge < -0.3 is 14.9 Å². The van der Waals surface area contributed by atoms with E-state index >= 15 is 0 Å². The minimum Gasteiger partial charge on any atom is -0.497 e. The van der Waals surface area contributed by atoms with E-state index in [0.29, 0.717) is 5.75 Å². The number of methoxy groups -OCH3 is 1. The van der Waals surface area contributed by atoms with Crippen LogP contribution in [0.25, 0.3) is 10.9 Å². The summed E-state index contributed by atoms with van der Waals surface area (Å²) in [6, 6.07) is 6.74. The zero-order chi connectivity index (χ0) is 10.1. The summed E-state index contributed by atoms with van der Waals surface area (Å²) in [7, 11) is 1.56. The number of nitro groups is 1. The van der Waals surface area contributed by atoms with E-state index in [1.54, 1.807) is 25.3 Å². The summed E-state index contributed by atoms with van der Waals surface area (Å²) in [5, 5.41) is 11.2. The Labute approximate surface area is 79.5 Å². The molecule has 0 aliphatic carbocycles. The van der Waals surface area contributed by atoms with Crippen molar-refractivity contribution >= 4 is 16.7 Å². The van der Waals surface area contributed by atoms with Crippen LogP contribution < -0.4 is 4.74 Å². The fraction of sp³-hybridized carbons (Fsp3) is 0.111. The first-order valence-corrected chi connectivity index (χ1v) is 4.02. The molecule has 1 aromatic carbocycles. The standard InChI is InChI=1S/C9H8N2O3/c1-14-7-2-3-8-6(4-7)5-9(10-8)11(12)13/h2-5,10H,1H3. The molecule has 0 spiro atoms. The van der Waals surface area contributed by atoms with Gasteiger partial charge in [-0.25, -0.2) is 4.98 Å². The summed E-state index contributed by atoms with van der Waals surface area (Å²) < 4.78 is 5.01. The van der Waals surface area contributed by atoms with Gasteiger partial charge in [0, 0.05) is 11.5 Å². The molecule has 2 aromatic rings. The molecule has 0 bridgehead atoms. The first-order valence-electron chi connectivity index (χ1n) is 4.02. The molecule has 0 atom stereocenters. The van der Waals surface area contributed by atoms with Crippen LogP contribution in [0.2, 0.25) is 0 Å². The molecule has 0 aliphatic heterocycles. The van der Waals surface area contributed by atoms with Crippen molar-refractivity contribution < 1.29 is 9.66 Å². The molecule has 5 heteroatoms. The minimum atomic E-state index is -0.452. The van der Waals surface area contributed by atoms with Crippen LogP contribution >= 0.6 is 0 Å². The highest BCUT2D eigenvalue weighted by atomic mass is 16.6. The number of aromatic nitrogens is 1. The highest BCUT2D eigenvalue weighted by molar-refractivity contribution is 5.83. The molecular formula is C9H8N2O3. The zero-order valence-electron chi connectivity index (χ0n) is 7.48. The van der Waals surface area contributed by atoms with Crippen LogP contribution in [0.3, 0.4) is 0 Å². The number of nitrogens with zero attached hydrogens (tertiary/aromatic N) is 1. The Balaban J connectivity index is 2.60. The lowest BCUT2D eigenvalue weighted by Crippen LogP contribution is -1.85. The second-order valence-corrected chi connectivity index (χ2v) is 2.86. The molecule has 0 fully saturated rings. The van der Waals surface area contributed by atoms with E-state index in [1.807, 2.05) is 0 Å². The number of hydrogen-bond acceptors (Lipinski definition) is 3. The Morgan fingerprint density at radius 2 is 2.21 bits per heavy atom. The third-order valence-corrected chi connectivity index (χ3v) is 2.01. The molecule has 0 aliphatic rings. The van der Waals surface area contributed by atoms with Crippen molar-refractivity contribution in [2.45, 2.75) is 0 Å². The summed E-state index contributed by atoms with van der Waals surface area (Å²) in [5.74, 6) is 0.680. The number of benzene rings is 1. The molecule has 0 saturated heterocycles. The average Bonchev–Trinajstić information content (AvgIpc) is 2.59. The number of H-pyrrole nitrogens is 1. The van der Waals surface area contributed by atoms with Crippen LogP contribution in [0.15, 0.2) is 24.3 Å². The molecular weight excluding hydrogens is 184 g/mol. The monoisotopic (exact) mass is 192 g/mol. The largest absolute Gasteiger partial charge is 0.497 e. The van der Waals surface area contributed by atoms with Gasteiger partial charge >= 0.3 is 5.82 Å². The maximum Gasteiger partial charge on any atom is 0.321 e. The third kappa shape index (κ3) is 1.28. The second-order valence-electron chi connectivity index (χ2n) is 2.86. The zero-order valence-corrected chi connectivity index (χ0v) is 7.48. The van der Waals surface area contributed by atoms with Gasteiger partial charge in [-0.15, -0.1) is 0 Å². The molecule has 14 heavy (non-hydrogen) atoms. The molecule has 5 nitrogen and oxygen atoms in total. The van der Waals surface area contributed by atoms with Gasteiger partial charge in [-0.3, -0.25) is 0 Å². The van der Waals surface area contributed by atoms with Crippen molar-refractivity contribution in [3.63, 3.8) is 0 Å². The Morgan fingerprint density at radius 3 is 2.86 bits per heavy atom. The van der Waals surface area contributed by atoms with Crippen LogP contribution in [-0.2, 0) is 0 Å². The number of fused-ring (bicyclic) bond motifs is 1. The molecule has 0 amide bonds. The van der Waals surface area contributed by atoms with E-state index in [2.05, 4.69) is 4.98 Å². The predicted octanol–water partition coefficient (Wildman–Crippen LogP) is 2.08. The van der Waals surface area contributed by atoms with E-state index in [-0.39, 0.29) is 5.82 Å². The summed E-state index contributed by atoms with van der Waals surface area (Å²) in [5.41, 5.74) is 0.734. The van der Waals surface area contributed by atoms with Gasteiger partial charge in [0.15, 0.2) is 0 Å². The Morgan fingerprint density at radius 1 is 1.43 bits per heavy atom. The van der Waals surface area contributed by atoms with Crippen molar-refractivity contribution in [2.75, 3.05) is 7.11 Å². The van der Waals surface area contributed by atoms with Crippen LogP contribution in [0.1, 0.15) is 0 Å². The van der Waals surface area contributed by atoms with Gasteiger partial charge in [-0.1, -0.05) is 0 Å². The molecule has 0 unspecified atom stereocenters. The molecule has 1 aromatic heterocycles. The van der Waals surface area contributed by atoms with Crippen molar-refractivity contribution in [3.05, 3.63) is 34.4 Å². The number of nitrogens with one attached hydrogen (secondary N) is 1. The van der Waals surface area contributed by atoms with Crippen LogP contribution in [0, 0.1) is 10.1 Å². The first-order chi connectivity index (χ1) is 6.70. The number of aromatic amines is 1. The third-order valence-electron chi connectivity index (χ3n) is 2.01. The number of rotatable bonds is 2. The summed E-state index contributed by atoms with van der Waals surface area (Å²) in [6.45, 7) is 0. The molecule has 72 valence electrons. The maximum atomic E-state index is 10.5. The molecule has 2 rings (SSSR count). The summed E-state index contributed by atoms with van der Waals surface area (Å²) >= 11 is 0. The summed E-state index contributed by atoms with van der Waals surface area (Å²) in [6.07, 6.45) is 0. The van der Waals surface area contributed by atoms with Gasteiger partial charge in [0.2, 0.25) is 0 Å². The van der Waals surface area contributed by atoms with Gasteiger partial charge in [0.05, 0.1) is 7.11 Å². The van der Waals surface area contributed by atoms with Crippen LogP contribution in [0.4, 0.5) is 5.82 Å². The Kier molecular flexibility index (Phi) is 1.85. The Hall–Kier alpha value is -2.04. The topological polar surface area (TPSA) is 68.2 Å². The first kappa shape index (κ1) is 8.55. The SMILES string of the molecule is COc1ccc2[nH]c([N+](=O)[O-])cc2c1. The average molecular weight is 192 g/mol. The molecule has 1 N–H and O–H groups in total. The van der Waals surface area contributed by atoms with E-state index in [4.69, 9.17) is 4.74 Å². The molecule has 0 saturated carbocycles. The van der Waals surface area contributed by atoms with Crippen molar-refractivity contribution in [1.29, 1.82) is 0 Å². The van der Waals surface area contributed by atoms with E-state index in [9.17, 15) is 10.1 Å². The van der Waals surface area contributed by atoms with Gasteiger partial charge in [-0.05, 0) is 23.1 Å². The van der Waals surface area contributed by atoms with E-state index in [1.165, 1.54) is 6.07 Å². The van der Waals surface area contributed by atoms with Crippen molar-refractivity contribution in [2.24, 2.45) is 0 Å². The lowest BCUT2D eigenvalue weighted by atomic mass is 10.2. The lowest BCUT2D eigenvalue weighted by Gasteiger charge is -1.96. The van der Waals surface area contributed by atoms with Gasteiger partial charge in [0.1, 0.15) is 11.3 Å². The number of hydrogen-bond donors (Lipinski definition) is 1. The second kappa shape index (κ2) is 3.02.